The molecule has 4 aromatic rings. The van der Waals surface area contributed by atoms with E-state index in [9.17, 15) is 14.0 Å². The van der Waals surface area contributed by atoms with Crippen molar-refractivity contribution in [1.29, 1.82) is 0 Å². The number of aryl methyl sites for hydroxylation is 1. The Hall–Kier alpha value is -3.54. The van der Waals surface area contributed by atoms with Crippen LogP contribution >= 0.6 is 0 Å². The second-order valence-electron chi connectivity index (χ2n) is 5.98. The van der Waals surface area contributed by atoms with E-state index in [4.69, 9.17) is 0 Å². The molecule has 0 unspecified atom stereocenters. The zero-order chi connectivity index (χ0) is 18.3. The van der Waals surface area contributed by atoms with Gasteiger partial charge in [0.15, 0.2) is 5.69 Å². The van der Waals surface area contributed by atoms with Gasteiger partial charge in [0.1, 0.15) is 5.82 Å². The maximum atomic E-state index is 13.5. The molecular weight excluding hydrogens is 333 g/mol. The number of hydrogen-bond acceptors (Lipinski definition) is 3. The van der Waals surface area contributed by atoms with Gasteiger partial charge in [0.25, 0.3) is 5.91 Å². The lowest BCUT2D eigenvalue weighted by Crippen LogP contribution is -2.26. The molecule has 1 heterocycles. The maximum Gasteiger partial charge on any atom is 0.280 e. The van der Waals surface area contributed by atoms with Crippen LogP contribution in [0.25, 0.3) is 21.7 Å². The molecule has 0 saturated carbocycles. The molecule has 0 atom stereocenters. The van der Waals surface area contributed by atoms with Crippen molar-refractivity contribution in [2.45, 2.75) is 0 Å². The molecule has 1 N–H and O–H groups in total. The molecule has 0 fully saturated rings. The summed E-state index contributed by atoms with van der Waals surface area (Å²) in [5.74, 6) is -1.17. The van der Waals surface area contributed by atoms with Crippen LogP contribution in [0.3, 0.4) is 0 Å². The summed E-state index contributed by atoms with van der Waals surface area (Å²) in [6.07, 6.45) is 0. The van der Waals surface area contributed by atoms with Gasteiger partial charge in [-0.15, -0.1) is 0 Å². The topological polar surface area (TPSA) is 64.0 Å². The van der Waals surface area contributed by atoms with Crippen molar-refractivity contribution in [3.8, 4) is 0 Å². The molecule has 6 heteroatoms. The molecular formula is C20H14FN3O2. The molecule has 4 rings (SSSR count). The summed E-state index contributed by atoms with van der Waals surface area (Å²) in [5, 5.41) is 8.87. The second-order valence-corrected chi connectivity index (χ2v) is 5.98. The predicted molar refractivity (Wildman–Crippen MR) is 98.8 cm³/mol. The van der Waals surface area contributed by atoms with Crippen LogP contribution in [0.1, 0.15) is 10.5 Å². The van der Waals surface area contributed by atoms with Crippen LogP contribution in [0, 0.1) is 5.82 Å². The third kappa shape index (κ3) is 2.71. The van der Waals surface area contributed by atoms with Crippen LogP contribution in [0.5, 0.6) is 0 Å². The van der Waals surface area contributed by atoms with Crippen LogP contribution in [0.15, 0.2) is 65.5 Å². The molecule has 3 aromatic carbocycles. The SMILES string of the molecule is Cn1nc(C(=O)Nc2ccc3ccccc3c2)c(=O)c2cc(F)ccc21. The standard InChI is InChI=1S/C20H14FN3O2/c1-24-17-9-7-14(21)11-16(17)19(25)18(23-24)20(26)22-15-8-6-12-4-2-3-5-13(12)10-15/h2-11H,1H3,(H,22,26). The number of halogens is 1. The Labute approximate surface area is 147 Å². The summed E-state index contributed by atoms with van der Waals surface area (Å²) >= 11 is 0. The molecule has 0 saturated heterocycles. The fraction of sp³-hybridized carbons (Fsp3) is 0.0500. The molecule has 0 spiro atoms. The molecule has 0 aliphatic rings. The molecule has 0 bridgehead atoms. The van der Waals surface area contributed by atoms with Gasteiger partial charge in [0.2, 0.25) is 5.43 Å². The van der Waals surface area contributed by atoms with Gasteiger partial charge in [-0.1, -0.05) is 30.3 Å². The number of amides is 1. The fourth-order valence-electron chi connectivity index (χ4n) is 2.96. The van der Waals surface area contributed by atoms with Crippen molar-refractivity contribution >= 4 is 33.3 Å². The Kier molecular flexibility index (Phi) is 3.73. The first-order valence-corrected chi connectivity index (χ1v) is 8.00. The van der Waals surface area contributed by atoms with Crippen LogP contribution in [0.4, 0.5) is 10.1 Å². The Bertz CT molecular complexity index is 1230. The molecule has 128 valence electrons. The molecule has 1 aromatic heterocycles. The number of carbonyl (C=O) groups is 1. The lowest BCUT2D eigenvalue weighted by Gasteiger charge is -2.09. The van der Waals surface area contributed by atoms with Crippen LogP contribution < -0.4 is 10.7 Å². The summed E-state index contributed by atoms with van der Waals surface area (Å²) in [6, 6.07) is 17.0. The zero-order valence-electron chi connectivity index (χ0n) is 13.9. The number of anilines is 1. The highest BCUT2D eigenvalue weighted by Gasteiger charge is 2.17. The predicted octanol–water partition coefficient (Wildman–Crippen LogP) is 3.48. The van der Waals surface area contributed by atoms with Crippen molar-refractivity contribution in [1.82, 2.24) is 9.78 Å². The number of rotatable bonds is 2. The molecule has 0 aliphatic carbocycles. The first-order valence-electron chi connectivity index (χ1n) is 8.00. The van der Waals surface area contributed by atoms with E-state index in [0.29, 0.717) is 11.2 Å². The number of benzene rings is 3. The molecule has 1 amide bonds. The molecule has 0 radical (unpaired) electrons. The van der Waals surface area contributed by atoms with E-state index in [1.807, 2.05) is 36.4 Å². The number of carbonyl (C=O) groups excluding carboxylic acids is 1. The Morgan fingerprint density at radius 3 is 2.62 bits per heavy atom. The Balaban J connectivity index is 1.75. The minimum absolute atomic E-state index is 0.117. The molecule has 26 heavy (non-hydrogen) atoms. The zero-order valence-corrected chi connectivity index (χ0v) is 13.9. The maximum absolute atomic E-state index is 13.5. The lowest BCUT2D eigenvalue weighted by molar-refractivity contribution is 0.101. The normalized spacial score (nSPS) is 11.0. The fourth-order valence-corrected chi connectivity index (χ4v) is 2.96. The van der Waals surface area contributed by atoms with Crippen molar-refractivity contribution < 1.29 is 9.18 Å². The van der Waals surface area contributed by atoms with Gasteiger partial charge >= 0.3 is 0 Å². The van der Waals surface area contributed by atoms with Crippen LogP contribution in [-0.2, 0) is 7.05 Å². The minimum Gasteiger partial charge on any atom is -0.320 e. The first-order chi connectivity index (χ1) is 12.5. The van der Waals surface area contributed by atoms with Gasteiger partial charge in [-0.2, -0.15) is 5.10 Å². The van der Waals surface area contributed by atoms with Crippen molar-refractivity contribution in [3.05, 3.63) is 82.4 Å². The Morgan fingerprint density at radius 1 is 1.04 bits per heavy atom. The van der Waals surface area contributed by atoms with E-state index < -0.39 is 17.2 Å². The van der Waals surface area contributed by atoms with E-state index in [1.54, 1.807) is 13.1 Å². The number of fused-ring (bicyclic) bond motifs is 2. The van der Waals surface area contributed by atoms with Gasteiger partial charge in [-0.05, 0) is 41.1 Å². The van der Waals surface area contributed by atoms with Gasteiger partial charge in [0.05, 0.1) is 10.9 Å². The van der Waals surface area contributed by atoms with E-state index in [0.717, 1.165) is 16.8 Å². The smallest absolute Gasteiger partial charge is 0.280 e. The number of nitrogens with one attached hydrogen (secondary N) is 1. The van der Waals surface area contributed by atoms with Crippen LogP contribution in [-0.4, -0.2) is 15.7 Å². The number of aromatic nitrogens is 2. The number of hydrogen-bond donors (Lipinski definition) is 1. The van der Waals surface area contributed by atoms with E-state index in [1.165, 1.54) is 16.8 Å². The highest BCUT2D eigenvalue weighted by atomic mass is 19.1. The average molecular weight is 347 g/mol. The number of nitrogens with zero attached hydrogens (tertiary/aromatic N) is 2. The van der Waals surface area contributed by atoms with Crippen molar-refractivity contribution in [3.63, 3.8) is 0 Å². The van der Waals surface area contributed by atoms with E-state index in [-0.39, 0.29) is 11.1 Å². The van der Waals surface area contributed by atoms with Gasteiger partial charge < -0.3 is 5.32 Å². The summed E-state index contributed by atoms with van der Waals surface area (Å²) in [6.45, 7) is 0. The third-order valence-electron chi connectivity index (χ3n) is 4.24. The summed E-state index contributed by atoms with van der Waals surface area (Å²) in [4.78, 5) is 25.1. The van der Waals surface area contributed by atoms with Crippen molar-refractivity contribution in [2.75, 3.05) is 5.32 Å². The quantitative estimate of drug-likeness (QED) is 0.604. The lowest BCUT2D eigenvalue weighted by atomic mass is 10.1. The van der Waals surface area contributed by atoms with Gasteiger partial charge in [-0.25, -0.2) is 4.39 Å². The molecule has 0 aliphatic heterocycles. The highest BCUT2D eigenvalue weighted by Crippen LogP contribution is 2.19. The van der Waals surface area contributed by atoms with Crippen molar-refractivity contribution in [2.24, 2.45) is 7.05 Å². The first kappa shape index (κ1) is 16.0. The average Bonchev–Trinajstić information content (AvgIpc) is 2.64. The monoisotopic (exact) mass is 347 g/mol. The van der Waals surface area contributed by atoms with Gasteiger partial charge in [0, 0.05) is 12.7 Å². The highest BCUT2D eigenvalue weighted by molar-refractivity contribution is 6.05. The Morgan fingerprint density at radius 2 is 1.81 bits per heavy atom. The minimum atomic E-state index is -0.632. The summed E-state index contributed by atoms with van der Waals surface area (Å²) in [7, 11) is 1.60. The summed E-state index contributed by atoms with van der Waals surface area (Å²) in [5.41, 5.74) is 0.130. The third-order valence-corrected chi connectivity index (χ3v) is 4.24. The van der Waals surface area contributed by atoms with E-state index in [2.05, 4.69) is 10.4 Å². The van der Waals surface area contributed by atoms with Crippen LogP contribution in [0.2, 0.25) is 0 Å². The summed E-state index contributed by atoms with van der Waals surface area (Å²) < 4.78 is 14.9. The van der Waals surface area contributed by atoms with Gasteiger partial charge in [-0.3, -0.25) is 14.3 Å². The second kappa shape index (κ2) is 6.07. The largest absolute Gasteiger partial charge is 0.320 e. The molecule has 5 nitrogen and oxygen atoms in total. The van der Waals surface area contributed by atoms with E-state index >= 15 is 0 Å².